The van der Waals surface area contributed by atoms with Gasteiger partial charge in [0.1, 0.15) is 47.7 Å². The highest BCUT2D eigenvalue weighted by Gasteiger charge is 2.39. The van der Waals surface area contributed by atoms with Crippen LogP contribution in [0.5, 0.6) is 0 Å². The molecule has 0 fully saturated rings. The van der Waals surface area contributed by atoms with Gasteiger partial charge in [-0.15, -0.1) is 5.11 Å². The van der Waals surface area contributed by atoms with Gasteiger partial charge in [-0.05, 0) is 144 Å². The number of benzene rings is 10. The predicted molar refractivity (Wildman–Crippen MR) is 386 cm³/mol. The Bertz CT molecular complexity index is 6820. The van der Waals surface area contributed by atoms with Crippen LogP contribution in [-0.4, -0.2) is 105 Å². The minimum Gasteiger partial charge on any atom is -0.339 e. The number of sulfonamides is 2. The molecule has 0 amide bonds. The number of pyridine rings is 1. The first-order chi connectivity index (χ1) is 49.6. The van der Waals surface area contributed by atoms with Gasteiger partial charge in [0.05, 0.1) is 48.3 Å². The summed E-state index contributed by atoms with van der Waals surface area (Å²) in [5.74, 6) is -1.54. The largest absolute Gasteiger partial charge is 0.339 e. The van der Waals surface area contributed by atoms with Crippen LogP contribution in [0.15, 0.2) is 247 Å². The number of fused-ring (bicyclic) bond motifs is 4. The number of thioether (sulfide) groups is 1. The van der Waals surface area contributed by atoms with Crippen LogP contribution in [0, 0.1) is 35.5 Å². The molecule has 106 heavy (non-hydrogen) atoms. The van der Waals surface area contributed by atoms with Crippen molar-refractivity contribution in [3.05, 3.63) is 204 Å². The molecule has 2 unspecified atom stereocenters. The fourth-order valence-electron chi connectivity index (χ4n) is 11.3. The van der Waals surface area contributed by atoms with Gasteiger partial charge in [0.15, 0.2) is 11.6 Å². The number of anilines is 6. The summed E-state index contributed by atoms with van der Waals surface area (Å²) < 4.78 is 273. The van der Waals surface area contributed by atoms with E-state index in [1.807, 2.05) is 16.9 Å². The normalized spacial score (nSPS) is 15.0. The molecule has 542 valence electrons. The number of aromatic nitrogens is 1. The molecule has 0 aliphatic carbocycles. The topological polar surface area (TPSA) is 553 Å². The van der Waals surface area contributed by atoms with Crippen molar-refractivity contribution in [3.63, 3.8) is 0 Å². The van der Waals surface area contributed by atoms with E-state index in [2.05, 4.69) is 46.9 Å². The van der Waals surface area contributed by atoms with Crippen molar-refractivity contribution in [1.82, 2.24) is 4.98 Å². The van der Waals surface area contributed by atoms with Crippen molar-refractivity contribution in [2.24, 2.45) is 26.4 Å². The third kappa shape index (κ3) is 15.5. The summed E-state index contributed by atoms with van der Waals surface area (Å²) in [7, 11) is -41.1. The summed E-state index contributed by atoms with van der Waals surface area (Å²) >= 11 is 0.850. The Balaban J connectivity index is 0.989. The zero-order valence-electron chi connectivity index (χ0n) is 53.0. The molecule has 0 spiro atoms. The molecule has 10 N–H and O–H groups in total. The highest BCUT2D eigenvalue weighted by molar-refractivity contribution is 8.04. The van der Waals surface area contributed by atoms with E-state index in [1.165, 1.54) is 37.3 Å². The second-order valence-electron chi connectivity index (χ2n) is 22.9. The lowest BCUT2D eigenvalue weighted by molar-refractivity contribution is 0.481. The lowest BCUT2D eigenvalue weighted by Crippen LogP contribution is -2.17. The Kier molecular flexibility index (Phi) is 19.5. The van der Waals surface area contributed by atoms with Gasteiger partial charge in [0, 0.05) is 49.4 Å². The zero-order valence-corrected chi connectivity index (χ0v) is 60.3. The lowest BCUT2D eigenvalue weighted by atomic mass is 9.92. The molecule has 0 saturated heterocycles. The van der Waals surface area contributed by atoms with Crippen LogP contribution in [0.2, 0.25) is 0 Å². The summed E-state index contributed by atoms with van der Waals surface area (Å²) in [6.45, 7) is 1.47. The van der Waals surface area contributed by atoms with Crippen molar-refractivity contribution < 1.29 is 94.7 Å². The molecule has 2 atom stereocenters. The molecule has 1 aromatic heterocycles. The van der Waals surface area contributed by atoms with Crippen molar-refractivity contribution in [2.75, 3.05) is 20.1 Å². The van der Waals surface area contributed by atoms with E-state index >= 15 is 8.42 Å². The van der Waals surface area contributed by atoms with E-state index < -0.39 is 170 Å². The number of nitrogens with zero attached hydrogens (tertiary/aromatic N) is 7. The highest BCUT2D eigenvalue weighted by atomic mass is 32.2. The van der Waals surface area contributed by atoms with Gasteiger partial charge in [0.2, 0.25) is 0 Å². The van der Waals surface area contributed by atoms with E-state index in [4.69, 9.17) is 0 Å². The summed E-state index contributed by atoms with van der Waals surface area (Å²) in [6.07, 6.45) is 0. The lowest BCUT2D eigenvalue weighted by Gasteiger charge is -2.17. The number of nitriles is 2. The Morgan fingerprint density at radius 1 is 0.425 bits per heavy atom. The fraction of sp³-hybridized carbons (Fsp3) is 0.0469. The Labute approximate surface area is 606 Å². The van der Waals surface area contributed by atoms with Crippen LogP contribution in [-0.2, 0) is 80.8 Å². The molecule has 10 aromatic carbocycles. The predicted octanol–water partition coefficient (Wildman–Crippen LogP) is 11.9. The van der Waals surface area contributed by atoms with Gasteiger partial charge in [-0.1, -0.05) is 78.5 Å². The van der Waals surface area contributed by atoms with Crippen molar-refractivity contribution >= 4 is 187 Å². The average molecular weight is 1610 g/mol. The standard InChI is InChI=1S/C64H45N11O22S9/c1-34-52(32-65)61(67-39-16-20-44(21-17-39)101(80,81)82)69-62(68-40-18-22-45(23-19-40)102(83,84)85)60(34)71-72-63-53(33-66)59(38-13-12-35-6-2-3-7-36(35)24-38)64(98-63)73-70-41-15-14-37-25-46(99(76,77)74-42-27-50-47(57(29-42)105(92,93)94)8-4-10-54(50)103(86,87)88)31-56(49(37)26-41)100(78,79)75-43-28-51-48(58(30-43)106(95,96)97)9-5-11-55(51)104(89,90)91/h2-31,53,63,74-75H,1H3,(H2,67,68,69)(H,80,81,82)(H,83,84,85)(H,86,87,88)(H,89,90,91)(H,92,93,94)(H,95,96,97). The molecule has 1 aliphatic rings. The second-order valence-corrected chi connectivity index (χ2v) is 35.8. The quantitative estimate of drug-likeness (QED) is 0.0236. The zero-order chi connectivity index (χ0) is 76.6. The van der Waals surface area contributed by atoms with Gasteiger partial charge in [-0.25, -0.2) is 21.8 Å². The molecule has 1 aliphatic heterocycles. The van der Waals surface area contributed by atoms with Crippen molar-refractivity contribution in [1.29, 1.82) is 10.5 Å². The molecule has 2 heterocycles. The maximum atomic E-state index is 15.2. The van der Waals surface area contributed by atoms with E-state index in [0.29, 0.717) is 29.1 Å². The average Bonchev–Trinajstić information content (AvgIpc) is 0.879. The number of azo groups is 2. The molecule has 33 nitrogen and oxygen atoms in total. The van der Waals surface area contributed by atoms with Gasteiger partial charge in [0.25, 0.3) is 80.8 Å². The Hall–Kier alpha value is -10.8. The highest BCUT2D eigenvalue weighted by Crippen LogP contribution is 2.50. The molecule has 0 radical (unpaired) electrons. The third-order valence-electron chi connectivity index (χ3n) is 16.1. The molecule has 42 heteroatoms. The first-order valence-corrected chi connectivity index (χ1v) is 42.0. The Morgan fingerprint density at radius 2 is 0.934 bits per heavy atom. The third-order valence-corrected chi connectivity index (χ3v) is 25.3. The van der Waals surface area contributed by atoms with Crippen LogP contribution in [0.1, 0.15) is 16.7 Å². The van der Waals surface area contributed by atoms with Crippen LogP contribution in [0.25, 0.3) is 48.7 Å². The maximum Gasteiger partial charge on any atom is 0.295 e. The molecular formula is C64H45N11O22S9. The molecule has 11 aromatic rings. The molecule has 0 saturated carbocycles. The summed E-state index contributed by atoms with van der Waals surface area (Å²) in [5.41, 5.74) is -0.983. The van der Waals surface area contributed by atoms with Gasteiger partial charge in [-0.3, -0.25) is 36.8 Å². The van der Waals surface area contributed by atoms with Crippen LogP contribution >= 0.6 is 11.8 Å². The maximum absolute atomic E-state index is 15.2. The number of rotatable bonds is 21. The molecular weight excluding hydrogens is 1560 g/mol. The number of hydrogen-bond acceptors (Lipinski definition) is 26. The van der Waals surface area contributed by atoms with E-state index in [-0.39, 0.29) is 61.5 Å². The smallest absolute Gasteiger partial charge is 0.295 e. The van der Waals surface area contributed by atoms with Crippen LogP contribution < -0.4 is 20.1 Å². The first-order valence-electron chi connectivity index (χ1n) is 29.5. The van der Waals surface area contributed by atoms with E-state index in [1.54, 1.807) is 36.4 Å². The number of nitrogens with one attached hydrogen (secondary N) is 4. The van der Waals surface area contributed by atoms with E-state index in [0.717, 1.165) is 108 Å². The SMILES string of the molecule is Cc1c(C#N)c(Nc2ccc(S(=O)(=O)O)cc2)nc(Nc2ccc(S(=O)(=O)O)cc2)c1N=NC1SC(N=Nc2ccc3cc(S(=O)(=O)Nc4cc(S(=O)(=O)O)c5cccc(S(=O)(=O)O)c5c4)cc(S(=O)(=O)Nc4cc(S(=O)(=O)O)c5cccc(S(=O)(=O)O)c5c4)c3c2)=C(c2ccc3ccccc3c2)C1C#N. The second kappa shape index (κ2) is 27.6. The molecule has 12 rings (SSSR count). The van der Waals surface area contributed by atoms with Gasteiger partial charge < -0.3 is 10.6 Å². The molecule has 0 bridgehead atoms. The summed E-state index contributed by atoms with van der Waals surface area (Å²) in [6, 6.07) is 39.4. The summed E-state index contributed by atoms with van der Waals surface area (Å²) in [4.78, 5) is -2.30. The van der Waals surface area contributed by atoms with Gasteiger partial charge >= 0.3 is 0 Å². The van der Waals surface area contributed by atoms with E-state index in [9.17, 15) is 96.8 Å². The minimum atomic E-state index is -5.44. The summed E-state index contributed by atoms with van der Waals surface area (Å²) in [5, 5.41) is 43.2. The van der Waals surface area contributed by atoms with Crippen LogP contribution in [0.4, 0.5) is 45.8 Å². The number of hydrogen-bond donors (Lipinski definition) is 10. The first kappa shape index (κ1) is 74.9. The fourth-order valence-corrected chi connectivity index (χ4v) is 18.7. The minimum absolute atomic E-state index is 0.00191. The van der Waals surface area contributed by atoms with Crippen LogP contribution in [0.3, 0.4) is 0 Å². The van der Waals surface area contributed by atoms with Crippen molar-refractivity contribution in [3.8, 4) is 12.1 Å². The monoisotopic (exact) mass is 1610 g/mol. The van der Waals surface area contributed by atoms with Crippen molar-refractivity contribution in [2.45, 2.75) is 51.5 Å². The van der Waals surface area contributed by atoms with Gasteiger partial charge in [-0.2, -0.15) is 76.4 Å². The Morgan fingerprint density at radius 3 is 1.44 bits per heavy atom.